The third kappa shape index (κ3) is 19.7. The lowest BCUT2D eigenvalue weighted by Gasteiger charge is -2.07. The molecule has 0 aromatic carbocycles. The Morgan fingerprint density at radius 1 is 1.00 bits per heavy atom. The lowest BCUT2D eigenvalue weighted by Crippen LogP contribution is -2.06. The standard InChI is InChI=1S/C8H18O.C4H8O2/c1-7(2)5-9-6-8(3)4;1-3(2)4(5)6/h7-8H,5-6H2,1-4H3;3H,1-2H3,(H,5,6). The Hall–Kier alpha value is -0.570. The molecule has 0 spiro atoms. The van der Waals surface area contributed by atoms with Gasteiger partial charge in [-0.2, -0.15) is 0 Å². The fourth-order valence-electron chi connectivity index (χ4n) is 0.539. The minimum Gasteiger partial charge on any atom is -0.481 e. The highest BCUT2D eigenvalue weighted by Gasteiger charge is 1.99. The molecule has 0 unspecified atom stereocenters. The fraction of sp³-hybridized carbons (Fsp3) is 0.917. The van der Waals surface area contributed by atoms with E-state index in [1.54, 1.807) is 13.8 Å². The summed E-state index contributed by atoms with van der Waals surface area (Å²) >= 11 is 0. The van der Waals surface area contributed by atoms with E-state index in [1.807, 2.05) is 0 Å². The Bertz CT molecular complexity index is 143. The van der Waals surface area contributed by atoms with Crippen molar-refractivity contribution in [1.29, 1.82) is 0 Å². The van der Waals surface area contributed by atoms with Crippen molar-refractivity contribution in [3.05, 3.63) is 0 Å². The highest BCUT2D eigenvalue weighted by Crippen LogP contribution is 1.96. The molecule has 1 N–H and O–H groups in total. The van der Waals surface area contributed by atoms with Crippen LogP contribution in [0.2, 0.25) is 0 Å². The second-order valence-corrected chi connectivity index (χ2v) is 4.82. The van der Waals surface area contributed by atoms with E-state index in [9.17, 15) is 4.79 Å². The molecular weight excluding hydrogens is 192 g/mol. The van der Waals surface area contributed by atoms with Crippen LogP contribution in [0.25, 0.3) is 0 Å². The Labute approximate surface area is 93.8 Å². The third-order valence-corrected chi connectivity index (χ3v) is 1.40. The first kappa shape index (κ1) is 16.8. The van der Waals surface area contributed by atoms with Crippen molar-refractivity contribution in [1.82, 2.24) is 0 Å². The molecule has 0 fully saturated rings. The summed E-state index contributed by atoms with van der Waals surface area (Å²) in [6.45, 7) is 13.8. The van der Waals surface area contributed by atoms with E-state index in [0.717, 1.165) is 13.2 Å². The van der Waals surface area contributed by atoms with E-state index in [0.29, 0.717) is 11.8 Å². The molecule has 0 atom stereocenters. The monoisotopic (exact) mass is 218 g/mol. The number of aliphatic carboxylic acids is 1. The number of carboxylic acid groups (broad SMARTS) is 1. The van der Waals surface area contributed by atoms with Crippen LogP contribution in [0.1, 0.15) is 41.5 Å². The summed E-state index contributed by atoms with van der Waals surface area (Å²) in [5.41, 5.74) is 0. The van der Waals surface area contributed by atoms with E-state index in [4.69, 9.17) is 9.84 Å². The molecule has 0 amide bonds. The Balaban J connectivity index is 0. The zero-order chi connectivity index (χ0) is 12.4. The van der Waals surface area contributed by atoms with Crippen molar-refractivity contribution in [3.8, 4) is 0 Å². The van der Waals surface area contributed by atoms with Gasteiger partial charge in [-0.25, -0.2) is 0 Å². The second-order valence-electron chi connectivity index (χ2n) is 4.82. The van der Waals surface area contributed by atoms with Crippen molar-refractivity contribution in [2.45, 2.75) is 41.5 Å². The van der Waals surface area contributed by atoms with Crippen LogP contribution in [0.3, 0.4) is 0 Å². The van der Waals surface area contributed by atoms with Crippen LogP contribution >= 0.6 is 0 Å². The van der Waals surface area contributed by atoms with E-state index in [2.05, 4.69) is 27.7 Å². The van der Waals surface area contributed by atoms with Gasteiger partial charge in [-0.15, -0.1) is 0 Å². The van der Waals surface area contributed by atoms with Crippen molar-refractivity contribution < 1.29 is 14.6 Å². The van der Waals surface area contributed by atoms with Crippen LogP contribution in [-0.2, 0) is 9.53 Å². The zero-order valence-electron chi connectivity index (χ0n) is 10.9. The minimum absolute atomic E-state index is 0.231. The van der Waals surface area contributed by atoms with Gasteiger partial charge in [0.05, 0.1) is 5.92 Å². The third-order valence-electron chi connectivity index (χ3n) is 1.40. The Morgan fingerprint density at radius 3 is 1.40 bits per heavy atom. The van der Waals surface area contributed by atoms with Gasteiger partial charge in [-0.3, -0.25) is 4.79 Å². The maximum atomic E-state index is 9.70. The van der Waals surface area contributed by atoms with Crippen LogP contribution in [-0.4, -0.2) is 24.3 Å². The van der Waals surface area contributed by atoms with Gasteiger partial charge in [-0.1, -0.05) is 41.5 Å². The molecule has 92 valence electrons. The van der Waals surface area contributed by atoms with Crippen molar-refractivity contribution in [2.75, 3.05) is 13.2 Å². The van der Waals surface area contributed by atoms with Gasteiger partial charge in [0.15, 0.2) is 0 Å². The average molecular weight is 218 g/mol. The summed E-state index contributed by atoms with van der Waals surface area (Å²) in [5, 5.41) is 7.99. The molecular formula is C12H26O3. The number of hydrogen-bond donors (Lipinski definition) is 1. The van der Waals surface area contributed by atoms with E-state index in [-0.39, 0.29) is 5.92 Å². The van der Waals surface area contributed by atoms with Crippen LogP contribution in [0.15, 0.2) is 0 Å². The summed E-state index contributed by atoms with van der Waals surface area (Å²) in [7, 11) is 0. The summed E-state index contributed by atoms with van der Waals surface area (Å²) in [6.07, 6.45) is 0. The van der Waals surface area contributed by atoms with Crippen molar-refractivity contribution >= 4 is 5.97 Å². The first-order valence-corrected chi connectivity index (χ1v) is 5.57. The van der Waals surface area contributed by atoms with Gasteiger partial charge >= 0.3 is 5.97 Å². The van der Waals surface area contributed by atoms with Crippen molar-refractivity contribution in [3.63, 3.8) is 0 Å². The van der Waals surface area contributed by atoms with Gasteiger partial charge < -0.3 is 9.84 Å². The quantitative estimate of drug-likeness (QED) is 0.771. The minimum atomic E-state index is -0.741. The molecule has 0 bridgehead atoms. The second kappa shape index (κ2) is 9.97. The summed E-state index contributed by atoms with van der Waals surface area (Å²) < 4.78 is 5.36. The lowest BCUT2D eigenvalue weighted by atomic mass is 10.2. The van der Waals surface area contributed by atoms with Gasteiger partial charge in [0.1, 0.15) is 0 Å². The van der Waals surface area contributed by atoms with E-state index in [1.165, 1.54) is 0 Å². The normalized spacial score (nSPS) is 10.5. The van der Waals surface area contributed by atoms with Crippen molar-refractivity contribution in [2.24, 2.45) is 17.8 Å². The predicted octanol–water partition coefficient (Wildman–Crippen LogP) is 3.04. The zero-order valence-corrected chi connectivity index (χ0v) is 10.9. The molecule has 0 saturated carbocycles. The van der Waals surface area contributed by atoms with Crippen LogP contribution in [0.4, 0.5) is 0 Å². The van der Waals surface area contributed by atoms with Crippen LogP contribution < -0.4 is 0 Å². The molecule has 0 heterocycles. The maximum Gasteiger partial charge on any atom is 0.305 e. The highest BCUT2D eigenvalue weighted by molar-refractivity contribution is 5.68. The van der Waals surface area contributed by atoms with E-state index >= 15 is 0 Å². The molecule has 0 aromatic heterocycles. The number of carbonyl (C=O) groups is 1. The van der Waals surface area contributed by atoms with Gasteiger partial charge in [0.2, 0.25) is 0 Å². The molecule has 0 aliphatic rings. The summed E-state index contributed by atoms with van der Waals surface area (Å²) in [5.74, 6) is 0.368. The average Bonchev–Trinajstić information content (AvgIpc) is 2.03. The molecule has 3 nitrogen and oxygen atoms in total. The molecule has 0 radical (unpaired) electrons. The topological polar surface area (TPSA) is 46.5 Å². The first-order chi connectivity index (χ1) is 6.77. The largest absolute Gasteiger partial charge is 0.481 e. The van der Waals surface area contributed by atoms with E-state index < -0.39 is 5.97 Å². The van der Waals surface area contributed by atoms with Gasteiger partial charge in [0, 0.05) is 13.2 Å². The molecule has 0 saturated heterocycles. The summed E-state index contributed by atoms with van der Waals surface area (Å²) in [4.78, 5) is 9.70. The van der Waals surface area contributed by atoms with Crippen LogP contribution in [0, 0.1) is 17.8 Å². The molecule has 0 aliphatic heterocycles. The molecule has 0 aliphatic carbocycles. The Morgan fingerprint density at radius 2 is 1.27 bits per heavy atom. The summed E-state index contributed by atoms with van der Waals surface area (Å²) in [6, 6.07) is 0. The number of hydrogen-bond acceptors (Lipinski definition) is 2. The number of rotatable bonds is 5. The molecule has 0 rings (SSSR count). The lowest BCUT2D eigenvalue weighted by molar-refractivity contribution is -0.140. The van der Waals surface area contributed by atoms with Gasteiger partial charge in [-0.05, 0) is 11.8 Å². The molecule has 15 heavy (non-hydrogen) atoms. The SMILES string of the molecule is CC(C)C(=O)O.CC(C)COCC(C)C. The smallest absolute Gasteiger partial charge is 0.305 e. The van der Waals surface area contributed by atoms with Crippen LogP contribution in [0.5, 0.6) is 0 Å². The first-order valence-electron chi connectivity index (χ1n) is 5.57. The fourth-order valence-corrected chi connectivity index (χ4v) is 0.539. The Kier molecular flexibility index (Phi) is 11.2. The van der Waals surface area contributed by atoms with Gasteiger partial charge in [0.25, 0.3) is 0 Å². The molecule has 0 aromatic rings. The predicted molar refractivity (Wildman–Crippen MR) is 63.0 cm³/mol. The number of ether oxygens (including phenoxy) is 1. The highest BCUT2D eigenvalue weighted by atomic mass is 16.5. The maximum absolute atomic E-state index is 9.70. The number of carboxylic acids is 1. The molecule has 3 heteroatoms.